The van der Waals surface area contributed by atoms with E-state index in [-0.39, 0.29) is 0 Å². The molecule has 6 heteroatoms. The number of aryl methyl sites for hydroxylation is 1. The second kappa shape index (κ2) is 6.61. The molecule has 1 aromatic carbocycles. The van der Waals surface area contributed by atoms with Gasteiger partial charge in [-0.3, -0.25) is 10.2 Å². The van der Waals surface area contributed by atoms with E-state index < -0.39 is 18.0 Å². The zero-order chi connectivity index (χ0) is 13.5. The predicted molar refractivity (Wildman–Crippen MR) is 68.3 cm³/mol. The minimum absolute atomic E-state index is 0.395. The van der Waals surface area contributed by atoms with Crippen LogP contribution in [-0.2, 0) is 11.3 Å². The molecule has 0 radical (unpaired) electrons. The summed E-state index contributed by atoms with van der Waals surface area (Å²) in [5.41, 5.74) is 11.9. The van der Waals surface area contributed by atoms with Gasteiger partial charge in [-0.2, -0.15) is 0 Å². The van der Waals surface area contributed by atoms with Crippen molar-refractivity contribution in [2.75, 3.05) is 0 Å². The SMILES string of the molecule is Cc1ccccc1CNC(=O)NNC(=O)[C@H](C)N. The van der Waals surface area contributed by atoms with Gasteiger partial charge in [0.2, 0.25) is 0 Å². The van der Waals surface area contributed by atoms with Crippen LogP contribution in [0.4, 0.5) is 4.79 Å². The quantitative estimate of drug-likeness (QED) is 0.576. The van der Waals surface area contributed by atoms with E-state index in [1.165, 1.54) is 6.92 Å². The van der Waals surface area contributed by atoms with Gasteiger partial charge in [0.25, 0.3) is 5.91 Å². The van der Waals surface area contributed by atoms with Gasteiger partial charge in [0, 0.05) is 6.54 Å². The fraction of sp³-hybridized carbons (Fsp3) is 0.333. The molecule has 1 atom stereocenters. The highest BCUT2D eigenvalue weighted by Crippen LogP contribution is 2.05. The lowest BCUT2D eigenvalue weighted by atomic mass is 10.1. The second-order valence-corrected chi connectivity index (χ2v) is 4.01. The molecule has 0 aliphatic carbocycles. The van der Waals surface area contributed by atoms with Crippen molar-refractivity contribution in [1.82, 2.24) is 16.2 Å². The first kappa shape index (κ1) is 14.0. The van der Waals surface area contributed by atoms with Crippen LogP contribution in [0.15, 0.2) is 24.3 Å². The molecule has 5 N–H and O–H groups in total. The van der Waals surface area contributed by atoms with Crippen LogP contribution in [0.2, 0.25) is 0 Å². The molecule has 0 saturated carbocycles. The third kappa shape index (κ3) is 4.42. The highest BCUT2D eigenvalue weighted by molar-refractivity contribution is 5.84. The molecule has 1 aromatic rings. The first-order valence-corrected chi connectivity index (χ1v) is 5.64. The van der Waals surface area contributed by atoms with Crippen LogP contribution in [0, 0.1) is 6.92 Å². The summed E-state index contributed by atoms with van der Waals surface area (Å²) < 4.78 is 0. The average Bonchev–Trinajstić information content (AvgIpc) is 2.34. The number of benzene rings is 1. The number of hydrazine groups is 1. The highest BCUT2D eigenvalue weighted by atomic mass is 16.2. The van der Waals surface area contributed by atoms with Crippen molar-refractivity contribution in [2.45, 2.75) is 26.4 Å². The number of nitrogens with two attached hydrogens (primary N) is 1. The van der Waals surface area contributed by atoms with Crippen molar-refractivity contribution in [1.29, 1.82) is 0 Å². The largest absolute Gasteiger partial charge is 0.333 e. The Bertz CT molecular complexity index is 432. The maximum Gasteiger partial charge on any atom is 0.333 e. The first-order chi connectivity index (χ1) is 8.50. The van der Waals surface area contributed by atoms with Gasteiger partial charge in [-0.25, -0.2) is 10.2 Å². The van der Waals surface area contributed by atoms with Crippen molar-refractivity contribution < 1.29 is 9.59 Å². The van der Waals surface area contributed by atoms with Crippen molar-refractivity contribution >= 4 is 11.9 Å². The molecule has 0 fully saturated rings. The Morgan fingerprint density at radius 2 is 1.94 bits per heavy atom. The molecule has 1 rings (SSSR count). The number of amides is 3. The molecular formula is C12H18N4O2. The first-order valence-electron chi connectivity index (χ1n) is 5.64. The maximum absolute atomic E-state index is 11.4. The third-order valence-corrected chi connectivity index (χ3v) is 2.41. The highest BCUT2D eigenvalue weighted by Gasteiger charge is 2.08. The van der Waals surface area contributed by atoms with Crippen LogP contribution >= 0.6 is 0 Å². The Balaban J connectivity index is 2.34. The molecule has 3 amide bonds. The molecule has 0 unspecified atom stereocenters. The lowest BCUT2D eigenvalue weighted by molar-refractivity contribution is -0.122. The monoisotopic (exact) mass is 250 g/mol. The van der Waals surface area contributed by atoms with Crippen molar-refractivity contribution in [2.24, 2.45) is 5.73 Å². The van der Waals surface area contributed by atoms with E-state index in [9.17, 15) is 9.59 Å². The van der Waals surface area contributed by atoms with E-state index in [4.69, 9.17) is 5.73 Å². The van der Waals surface area contributed by atoms with Gasteiger partial charge in [0.1, 0.15) is 0 Å². The van der Waals surface area contributed by atoms with Crippen molar-refractivity contribution in [3.05, 3.63) is 35.4 Å². The molecule has 18 heavy (non-hydrogen) atoms. The Morgan fingerprint density at radius 1 is 1.28 bits per heavy atom. The molecule has 0 aliphatic heterocycles. The maximum atomic E-state index is 11.4. The Morgan fingerprint density at radius 3 is 2.56 bits per heavy atom. The van der Waals surface area contributed by atoms with E-state index in [0.717, 1.165) is 11.1 Å². The number of hydrogen-bond acceptors (Lipinski definition) is 3. The van der Waals surface area contributed by atoms with Crippen LogP contribution in [0.1, 0.15) is 18.1 Å². The third-order valence-electron chi connectivity index (χ3n) is 2.41. The molecule has 6 nitrogen and oxygen atoms in total. The standard InChI is InChI=1S/C12H18N4O2/c1-8-5-3-4-6-10(8)7-14-12(18)16-15-11(17)9(2)13/h3-6,9H,7,13H2,1-2H3,(H,15,17)(H2,14,16,18)/t9-/m0/s1. The lowest BCUT2D eigenvalue weighted by Gasteiger charge is -2.11. The normalized spacial score (nSPS) is 11.5. The minimum atomic E-state index is -0.665. The average molecular weight is 250 g/mol. The van der Waals surface area contributed by atoms with Gasteiger partial charge in [-0.1, -0.05) is 24.3 Å². The van der Waals surface area contributed by atoms with Gasteiger partial charge in [0.05, 0.1) is 6.04 Å². The summed E-state index contributed by atoms with van der Waals surface area (Å²) >= 11 is 0. The van der Waals surface area contributed by atoms with E-state index in [1.54, 1.807) is 0 Å². The van der Waals surface area contributed by atoms with Crippen LogP contribution in [-0.4, -0.2) is 18.0 Å². The molecule has 98 valence electrons. The van der Waals surface area contributed by atoms with Gasteiger partial charge in [0.15, 0.2) is 0 Å². The summed E-state index contributed by atoms with van der Waals surface area (Å²) in [6, 6.07) is 6.58. The Kier molecular flexibility index (Phi) is 5.13. The number of carbonyl (C=O) groups excluding carboxylic acids is 2. The van der Waals surface area contributed by atoms with E-state index in [2.05, 4.69) is 16.2 Å². The summed E-state index contributed by atoms with van der Waals surface area (Å²) in [5, 5.41) is 2.63. The lowest BCUT2D eigenvalue weighted by Crippen LogP contribution is -2.51. The zero-order valence-corrected chi connectivity index (χ0v) is 10.5. The zero-order valence-electron chi connectivity index (χ0n) is 10.5. The number of hydrogen-bond donors (Lipinski definition) is 4. The summed E-state index contributed by atoms with van der Waals surface area (Å²) in [6.45, 7) is 3.89. The molecule has 0 spiro atoms. The molecule has 0 bridgehead atoms. The van der Waals surface area contributed by atoms with Crippen LogP contribution in [0.3, 0.4) is 0 Å². The predicted octanol–water partition coefficient (Wildman–Crippen LogP) is 0.173. The number of nitrogens with one attached hydrogen (secondary N) is 3. The number of rotatable bonds is 3. The van der Waals surface area contributed by atoms with Gasteiger partial charge in [-0.15, -0.1) is 0 Å². The minimum Gasteiger partial charge on any atom is -0.333 e. The Labute approximate surface area is 106 Å². The molecular weight excluding hydrogens is 232 g/mol. The summed E-state index contributed by atoms with van der Waals surface area (Å²) in [6.07, 6.45) is 0. The summed E-state index contributed by atoms with van der Waals surface area (Å²) in [4.78, 5) is 22.5. The molecule has 0 heterocycles. The van der Waals surface area contributed by atoms with Gasteiger partial charge < -0.3 is 11.1 Å². The fourth-order valence-corrected chi connectivity index (χ4v) is 1.26. The van der Waals surface area contributed by atoms with Crippen LogP contribution in [0.25, 0.3) is 0 Å². The van der Waals surface area contributed by atoms with E-state index >= 15 is 0 Å². The molecule has 0 aliphatic rings. The van der Waals surface area contributed by atoms with Crippen LogP contribution in [0.5, 0.6) is 0 Å². The van der Waals surface area contributed by atoms with E-state index in [1.807, 2.05) is 31.2 Å². The van der Waals surface area contributed by atoms with Gasteiger partial charge in [-0.05, 0) is 25.0 Å². The van der Waals surface area contributed by atoms with Crippen LogP contribution < -0.4 is 21.9 Å². The van der Waals surface area contributed by atoms with Crippen molar-refractivity contribution in [3.63, 3.8) is 0 Å². The fourth-order valence-electron chi connectivity index (χ4n) is 1.26. The number of urea groups is 1. The smallest absolute Gasteiger partial charge is 0.333 e. The Hall–Kier alpha value is -2.08. The number of carbonyl (C=O) groups is 2. The topological polar surface area (TPSA) is 96.2 Å². The summed E-state index contributed by atoms with van der Waals surface area (Å²) in [5.74, 6) is -0.443. The molecule has 0 aromatic heterocycles. The molecule has 0 saturated heterocycles. The van der Waals surface area contributed by atoms with Crippen molar-refractivity contribution in [3.8, 4) is 0 Å². The summed E-state index contributed by atoms with van der Waals surface area (Å²) in [7, 11) is 0. The van der Waals surface area contributed by atoms with Gasteiger partial charge >= 0.3 is 6.03 Å². The van der Waals surface area contributed by atoms with E-state index in [0.29, 0.717) is 6.54 Å². The second-order valence-electron chi connectivity index (χ2n) is 4.01.